The molecule has 10 heteroatoms. The van der Waals surface area contributed by atoms with E-state index in [-0.39, 0.29) is 5.82 Å². The minimum Gasteiger partial charge on any atom is -0.486 e. The van der Waals surface area contributed by atoms with Crippen LogP contribution < -0.4 is 19.7 Å². The van der Waals surface area contributed by atoms with Crippen molar-refractivity contribution in [3.63, 3.8) is 0 Å². The second-order valence-electron chi connectivity index (χ2n) is 7.15. The van der Waals surface area contributed by atoms with Crippen LogP contribution in [0.3, 0.4) is 0 Å². The highest BCUT2D eigenvalue weighted by molar-refractivity contribution is 6.02. The van der Waals surface area contributed by atoms with Crippen molar-refractivity contribution in [3.05, 3.63) is 47.7 Å². The van der Waals surface area contributed by atoms with Crippen molar-refractivity contribution in [1.29, 1.82) is 0 Å². The molecule has 1 N–H and O–H groups in total. The lowest BCUT2D eigenvalue weighted by Gasteiger charge is -2.24. The number of alkyl halides is 3. The SMILES string of the molecule is O=C(/C=C/c1ccc(C(F)(F)F)nc1N1CCC=NCC1)Nc1ccc2c(c1)OCCO2. The normalized spacial score (nSPS) is 16.2. The highest BCUT2D eigenvalue weighted by Crippen LogP contribution is 2.33. The molecule has 0 bridgehead atoms. The van der Waals surface area contributed by atoms with Gasteiger partial charge in [-0.2, -0.15) is 13.2 Å². The molecule has 7 nitrogen and oxygen atoms in total. The predicted molar refractivity (Wildman–Crippen MR) is 115 cm³/mol. The number of rotatable bonds is 4. The number of aliphatic imine (C=N–C) groups is 1. The maximum atomic E-state index is 13.2. The van der Waals surface area contributed by atoms with Crippen molar-refractivity contribution in [1.82, 2.24) is 4.98 Å². The van der Waals surface area contributed by atoms with Gasteiger partial charge >= 0.3 is 6.18 Å². The quantitative estimate of drug-likeness (QED) is 0.723. The average Bonchev–Trinajstić information content (AvgIpc) is 3.06. The second kappa shape index (κ2) is 9.29. The van der Waals surface area contributed by atoms with Gasteiger partial charge in [-0.25, -0.2) is 4.98 Å². The zero-order valence-electron chi connectivity index (χ0n) is 17.1. The monoisotopic (exact) mass is 446 g/mol. The Kier molecular flexibility index (Phi) is 6.29. The zero-order valence-corrected chi connectivity index (χ0v) is 17.1. The molecule has 168 valence electrons. The molecular formula is C22H21F3N4O3. The van der Waals surface area contributed by atoms with Crippen LogP contribution in [-0.2, 0) is 11.0 Å². The minimum atomic E-state index is -4.56. The molecule has 4 rings (SSSR count). The van der Waals surface area contributed by atoms with E-state index in [1.807, 2.05) is 0 Å². The summed E-state index contributed by atoms with van der Waals surface area (Å²) < 4.78 is 50.6. The summed E-state index contributed by atoms with van der Waals surface area (Å²) in [5.41, 5.74) is -0.0490. The van der Waals surface area contributed by atoms with Crippen LogP contribution in [0, 0.1) is 0 Å². The minimum absolute atomic E-state index is 0.175. The number of carbonyl (C=O) groups is 1. The molecule has 2 aliphatic rings. The summed E-state index contributed by atoms with van der Waals surface area (Å²) >= 11 is 0. The zero-order chi connectivity index (χ0) is 22.6. The Bertz CT molecular complexity index is 1040. The van der Waals surface area contributed by atoms with Gasteiger partial charge in [0.1, 0.15) is 24.7 Å². The summed E-state index contributed by atoms with van der Waals surface area (Å²) in [5, 5.41) is 2.71. The smallest absolute Gasteiger partial charge is 0.433 e. The van der Waals surface area contributed by atoms with E-state index in [9.17, 15) is 18.0 Å². The third kappa shape index (κ3) is 5.19. The van der Waals surface area contributed by atoms with Gasteiger partial charge in [-0.15, -0.1) is 0 Å². The third-order valence-corrected chi connectivity index (χ3v) is 4.88. The molecule has 1 aromatic carbocycles. The molecular weight excluding hydrogens is 425 g/mol. The standard InChI is InChI=1S/C22H21F3N4O3/c23-22(24,25)19-6-2-15(21(28-19)29-10-1-8-26-9-11-29)3-7-20(30)27-16-4-5-17-18(14-16)32-13-12-31-17/h2-8,14H,1,9-13H2,(H,27,30)/b7-3+. The summed E-state index contributed by atoms with van der Waals surface area (Å²) in [7, 11) is 0. The first-order valence-electron chi connectivity index (χ1n) is 10.1. The maximum absolute atomic E-state index is 13.2. The van der Waals surface area contributed by atoms with Gasteiger partial charge in [-0.1, -0.05) is 0 Å². The summed E-state index contributed by atoms with van der Waals surface area (Å²) in [6.07, 6.45) is 0.519. The first kappa shape index (κ1) is 21.7. The fourth-order valence-electron chi connectivity index (χ4n) is 3.37. The van der Waals surface area contributed by atoms with E-state index in [4.69, 9.17) is 9.47 Å². The van der Waals surface area contributed by atoms with Gasteiger partial charge in [-0.3, -0.25) is 9.79 Å². The number of aromatic nitrogens is 1. The number of nitrogens with one attached hydrogen (secondary N) is 1. The molecule has 1 aromatic heterocycles. The van der Waals surface area contributed by atoms with E-state index in [2.05, 4.69) is 15.3 Å². The van der Waals surface area contributed by atoms with Crippen LogP contribution in [0.2, 0.25) is 0 Å². The van der Waals surface area contributed by atoms with Crippen molar-refractivity contribution in [2.75, 3.05) is 43.1 Å². The molecule has 2 aromatic rings. The molecule has 0 radical (unpaired) electrons. The number of fused-ring (bicyclic) bond motifs is 1. The van der Waals surface area contributed by atoms with Gasteiger partial charge in [0.05, 0.1) is 6.54 Å². The van der Waals surface area contributed by atoms with E-state index in [0.717, 1.165) is 6.07 Å². The molecule has 0 saturated carbocycles. The Morgan fingerprint density at radius 2 is 1.91 bits per heavy atom. The van der Waals surface area contributed by atoms with Crippen LogP contribution in [0.4, 0.5) is 24.7 Å². The van der Waals surface area contributed by atoms with Crippen molar-refractivity contribution in [3.8, 4) is 11.5 Å². The number of ether oxygens (including phenoxy) is 2. The molecule has 0 saturated heterocycles. The van der Waals surface area contributed by atoms with Crippen LogP contribution >= 0.6 is 0 Å². The van der Waals surface area contributed by atoms with Crippen LogP contribution in [0.5, 0.6) is 11.5 Å². The fourth-order valence-corrected chi connectivity index (χ4v) is 3.37. The molecule has 0 aliphatic carbocycles. The Morgan fingerprint density at radius 1 is 1.09 bits per heavy atom. The van der Waals surface area contributed by atoms with Gasteiger partial charge < -0.3 is 19.7 Å². The number of halogens is 3. The van der Waals surface area contributed by atoms with Gasteiger partial charge in [0.25, 0.3) is 0 Å². The number of pyridine rings is 1. The van der Waals surface area contributed by atoms with Crippen molar-refractivity contribution < 1.29 is 27.4 Å². The number of hydrogen-bond acceptors (Lipinski definition) is 6. The topological polar surface area (TPSA) is 76.1 Å². The summed E-state index contributed by atoms with van der Waals surface area (Å²) in [4.78, 5) is 22.2. The Labute approximate surface area is 182 Å². The number of hydrogen-bond donors (Lipinski definition) is 1. The van der Waals surface area contributed by atoms with E-state index in [0.29, 0.717) is 62.0 Å². The van der Waals surface area contributed by atoms with Gasteiger partial charge in [0, 0.05) is 42.7 Å². The van der Waals surface area contributed by atoms with Gasteiger partial charge in [0.15, 0.2) is 11.5 Å². The van der Waals surface area contributed by atoms with Crippen molar-refractivity contribution in [2.24, 2.45) is 4.99 Å². The van der Waals surface area contributed by atoms with Crippen molar-refractivity contribution >= 4 is 29.7 Å². The molecule has 0 fully saturated rings. The highest BCUT2D eigenvalue weighted by Gasteiger charge is 2.33. The van der Waals surface area contributed by atoms with Crippen LogP contribution in [0.1, 0.15) is 17.7 Å². The molecule has 2 aliphatic heterocycles. The van der Waals surface area contributed by atoms with E-state index < -0.39 is 17.8 Å². The van der Waals surface area contributed by atoms with E-state index >= 15 is 0 Å². The van der Waals surface area contributed by atoms with Crippen LogP contribution in [0.25, 0.3) is 6.08 Å². The number of carbonyl (C=O) groups excluding carboxylic acids is 1. The molecule has 32 heavy (non-hydrogen) atoms. The highest BCUT2D eigenvalue weighted by atomic mass is 19.4. The summed E-state index contributed by atoms with van der Waals surface area (Å²) in [5.74, 6) is 0.878. The third-order valence-electron chi connectivity index (χ3n) is 4.88. The van der Waals surface area contributed by atoms with Gasteiger partial charge in [0.2, 0.25) is 5.91 Å². The number of nitrogens with zero attached hydrogens (tertiary/aromatic N) is 3. The number of benzene rings is 1. The van der Waals surface area contributed by atoms with E-state index in [1.165, 1.54) is 18.2 Å². The Hall–Kier alpha value is -3.56. The first-order chi connectivity index (χ1) is 15.4. The Morgan fingerprint density at radius 3 is 2.72 bits per heavy atom. The van der Waals surface area contributed by atoms with Crippen molar-refractivity contribution in [2.45, 2.75) is 12.6 Å². The predicted octanol–water partition coefficient (Wildman–Crippen LogP) is 3.80. The van der Waals surface area contributed by atoms with Gasteiger partial charge in [-0.05, 0) is 36.8 Å². The molecule has 3 heterocycles. The molecule has 0 unspecified atom stereocenters. The fraction of sp³-hybridized carbons (Fsp3) is 0.318. The second-order valence-corrected chi connectivity index (χ2v) is 7.15. The van der Waals surface area contributed by atoms with Crippen LogP contribution in [-0.4, -0.2) is 50.0 Å². The lowest BCUT2D eigenvalue weighted by molar-refractivity contribution is -0.141. The van der Waals surface area contributed by atoms with E-state index in [1.54, 1.807) is 29.3 Å². The largest absolute Gasteiger partial charge is 0.486 e. The molecule has 1 amide bonds. The van der Waals surface area contributed by atoms with Crippen LogP contribution in [0.15, 0.2) is 41.4 Å². The number of amides is 1. The maximum Gasteiger partial charge on any atom is 0.433 e. The summed E-state index contributed by atoms with van der Waals surface area (Å²) in [6.45, 7) is 2.28. The lowest BCUT2D eigenvalue weighted by Crippen LogP contribution is -2.28. The summed E-state index contributed by atoms with van der Waals surface area (Å²) in [6, 6.07) is 7.28. The molecule has 0 spiro atoms. The molecule has 0 atom stereocenters. The average molecular weight is 446 g/mol. The number of anilines is 2. The lowest BCUT2D eigenvalue weighted by atomic mass is 10.2. The first-order valence-corrected chi connectivity index (χ1v) is 10.1. The Balaban J connectivity index is 1.53.